The standard InChI is InChI=1S/C21H30N4O5S/c1-14(23-20(27)30-21(2,3)4)16-10-7-8-12-25(16)18(26)13-22-19-15-9-5-6-11-17(15)31(28,29)24-19/h5-6,9,11,14,16H,7-8,10,12-13H2,1-4H3,(H,22,24)(H,23,27)/t14-,16-/m0/s1. The Balaban J connectivity index is 1.69. The van der Waals surface area contributed by atoms with E-state index in [1.54, 1.807) is 43.9 Å². The van der Waals surface area contributed by atoms with E-state index in [-0.39, 0.29) is 35.3 Å². The molecule has 0 spiro atoms. The SMILES string of the molecule is C[C@H](NC(=O)OC(C)(C)C)[C@@H]1CCCCN1C(=O)CN=C1NS(=O)(=O)c2ccccc21. The van der Waals surface area contributed by atoms with E-state index >= 15 is 0 Å². The van der Waals surface area contributed by atoms with E-state index in [1.807, 2.05) is 6.92 Å². The van der Waals surface area contributed by atoms with Gasteiger partial charge in [0.05, 0.1) is 10.9 Å². The lowest BCUT2D eigenvalue weighted by Gasteiger charge is -2.39. The fraction of sp³-hybridized carbons (Fsp3) is 0.571. The van der Waals surface area contributed by atoms with Gasteiger partial charge in [-0.1, -0.05) is 12.1 Å². The Morgan fingerprint density at radius 1 is 1.29 bits per heavy atom. The molecule has 2 aliphatic rings. The molecule has 1 fully saturated rings. The molecule has 170 valence electrons. The molecule has 2 atom stereocenters. The predicted molar refractivity (Wildman–Crippen MR) is 116 cm³/mol. The van der Waals surface area contributed by atoms with E-state index in [2.05, 4.69) is 15.0 Å². The van der Waals surface area contributed by atoms with Crippen LogP contribution in [0, 0.1) is 0 Å². The van der Waals surface area contributed by atoms with Crippen molar-refractivity contribution in [2.45, 2.75) is 69.5 Å². The molecule has 1 saturated heterocycles. The largest absolute Gasteiger partial charge is 0.444 e. The maximum Gasteiger partial charge on any atom is 0.407 e. The number of ether oxygens (including phenoxy) is 1. The highest BCUT2D eigenvalue weighted by molar-refractivity contribution is 7.90. The van der Waals surface area contributed by atoms with Crippen LogP contribution in [-0.4, -0.2) is 61.9 Å². The van der Waals surface area contributed by atoms with E-state index in [4.69, 9.17) is 4.74 Å². The van der Waals surface area contributed by atoms with Gasteiger partial charge in [-0.15, -0.1) is 0 Å². The quantitative estimate of drug-likeness (QED) is 0.728. The summed E-state index contributed by atoms with van der Waals surface area (Å²) >= 11 is 0. The average molecular weight is 451 g/mol. The van der Waals surface area contributed by atoms with Crippen molar-refractivity contribution < 1.29 is 22.7 Å². The number of hydrogen-bond donors (Lipinski definition) is 2. The first kappa shape index (κ1) is 23.1. The van der Waals surface area contributed by atoms with E-state index in [9.17, 15) is 18.0 Å². The van der Waals surface area contributed by atoms with E-state index < -0.39 is 21.7 Å². The number of fused-ring (bicyclic) bond motifs is 1. The zero-order chi connectivity index (χ0) is 22.8. The molecule has 0 aliphatic carbocycles. The molecule has 2 N–H and O–H groups in total. The van der Waals surface area contributed by atoms with Gasteiger partial charge in [-0.05, 0) is 59.1 Å². The molecule has 31 heavy (non-hydrogen) atoms. The van der Waals surface area contributed by atoms with Crippen LogP contribution in [0.15, 0.2) is 34.2 Å². The van der Waals surface area contributed by atoms with Gasteiger partial charge in [0, 0.05) is 18.2 Å². The summed E-state index contributed by atoms with van der Waals surface area (Å²) in [6.45, 7) is 7.62. The van der Waals surface area contributed by atoms with Gasteiger partial charge in [-0.25, -0.2) is 13.2 Å². The number of nitrogens with zero attached hydrogens (tertiary/aromatic N) is 2. The molecule has 0 aromatic heterocycles. The van der Waals surface area contributed by atoms with Gasteiger partial charge >= 0.3 is 6.09 Å². The van der Waals surface area contributed by atoms with Crippen molar-refractivity contribution in [1.29, 1.82) is 0 Å². The maximum atomic E-state index is 13.0. The van der Waals surface area contributed by atoms with Crippen molar-refractivity contribution >= 4 is 27.9 Å². The minimum atomic E-state index is -3.65. The van der Waals surface area contributed by atoms with Gasteiger partial charge in [-0.2, -0.15) is 0 Å². The predicted octanol–water partition coefficient (Wildman–Crippen LogP) is 2.02. The highest BCUT2D eigenvalue weighted by Crippen LogP contribution is 2.23. The van der Waals surface area contributed by atoms with Crippen LogP contribution in [0.2, 0.25) is 0 Å². The first-order chi connectivity index (χ1) is 14.5. The third-order valence-corrected chi connectivity index (χ3v) is 6.62. The number of alkyl carbamates (subject to hydrolysis) is 1. The summed E-state index contributed by atoms with van der Waals surface area (Å²) in [7, 11) is -3.65. The molecular formula is C21H30N4O5S. The summed E-state index contributed by atoms with van der Waals surface area (Å²) in [5.41, 5.74) is -0.141. The average Bonchev–Trinajstić information content (AvgIpc) is 2.95. The summed E-state index contributed by atoms with van der Waals surface area (Å²) in [4.78, 5) is 31.2. The van der Waals surface area contributed by atoms with Crippen molar-refractivity contribution in [1.82, 2.24) is 14.9 Å². The molecule has 1 aromatic carbocycles. The van der Waals surface area contributed by atoms with Gasteiger partial charge in [0.2, 0.25) is 5.91 Å². The van der Waals surface area contributed by atoms with E-state index in [0.29, 0.717) is 12.1 Å². The van der Waals surface area contributed by atoms with Gasteiger partial charge in [0.25, 0.3) is 10.0 Å². The zero-order valence-corrected chi connectivity index (χ0v) is 19.2. The molecule has 0 bridgehead atoms. The Labute approximate surface area is 183 Å². The van der Waals surface area contributed by atoms with Gasteiger partial charge in [-0.3, -0.25) is 14.5 Å². The Morgan fingerprint density at radius 2 is 2.00 bits per heavy atom. The second-order valence-electron chi connectivity index (χ2n) is 8.85. The molecule has 0 saturated carbocycles. The number of nitrogens with one attached hydrogen (secondary N) is 2. The lowest BCUT2D eigenvalue weighted by Crippen LogP contribution is -2.55. The molecule has 0 unspecified atom stereocenters. The van der Waals surface area contributed by atoms with E-state index in [0.717, 1.165) is 19.3 Å². The summed E-state index contributed by atoms with van der Waals surface area (Å²) < 4.78 is 32.2. The molecule has 2 aliphatic heterocycles. The van der Waals surface area contributed by atoms with Crippen LogP contribution in [0.5, 0.6) is 0 Å². The third kappa shape index (κ3) is 5.55. The minimum absolute atomic E-state index is 0.159. The Morgan fingerprint density at radius 3 is 2.71 bits per heavy atom. The smallest absolute Gasteiger partial charge is 0.407 e. The second kappa shape index (κ2) is 8.86. The molecule has 3 rings (SSSR count). The number of aliphatic imine (C=N–C) groups is 1. The number of sulfonamides is 1. The first-order valence-corrected chi connectivity index (χ1v) is 11.9. The second-order valence-corrected chi connectivity index (χ2v) is 10.5. The fourth-order valence-electron chi connectivity index (χ4n) is 3.87. The maximum absolute atomic E-state index is 13.0. The zero-order valence-electron chi connectivity index (χ0n) is 18.3. The molecule has 2 amide bonds. The molecule has 2 heterocycles. The fourth-order valence-corrected chi connectivity index (χ4v) is 5.12. The molecule has 10 heteroatoms. The molecule has 0 radical (unpaired) electrons. The Kier molecular flexibility index (Phi) is 6.59. The number of amides is 2. The van der Waals surface area contributed by atoms with Gasteiger partial charge in [0.1, 0.15) is 18.0 Å². The number of rotatable bonds is 4. The van der Waals surface area contributed by atoms with E-state index in [1.165, 1.54) is 6.07 Å². The number of hydrogen-bond acceptors (Lipinski definition) is 6. The normalized spacial score (nSPS) is 22.4. The minimum Gasteiger partial charge on any atom is -0.444 e. The van der Waals surface area contributed by atoms with Crippen LogP contribution in [0.4, 0.5) is 4.79 Å². The van der Waals surface area contributed by atoms with Gasteiger partial charge < -0.3 is 15.0 Å². The third-order valence-electron chi connectivity index (χ3n) is 5.23. The van der Waals surface area contributed by atoms with Crippen molar-refractivity contribution in [3.05, 3.63) is 29.8 Å². The van der Waals surface area contributed by atoms with Crippen LogP contribution >= 0.6 is 0 Å². The van der Waals surface area contributed by atoms with Crippen LogP contribution in [0.25, 0.3) is 0 Å². The number of likely N-dealkylation sites (tertiary alicyclic amines) is 1. The van der Waals surface area contributed by atoms with Crippen molar-refractivity contribution in [2.75, 3.05) is 13.1 Å². The molecule has 9 nitrogen and oxygen atoms in total. The lowest BCUT2D eigenvalue weighted by atomic mass is 9.96. The Bertz CT molecular complexity index is 984. The monoisotopic (exact) mass is 450 g/mol. The topological polar surface area (TPSA) is 117 Å². The molecular weight excluding hydrogens is 420 g/mol. The van der Waals surface area contributed by atoms with Crippen LogP contribution in [-0.2, 0) is 19.6 Å². The number of benzene rings is 1. The summed E-state index contributed by atoms with van der Waals surface area (Å²) in [5.74, 6) is -0.0314. The summed E-state index contributed by atoms with van der Waals surface area (Å²) in [6.07, 6.45) is 2.06. The van der Waals surface area contributed by atoms with Crippen LogP contribution < -0.4 is 10.0 Å². The first-order valence-electron chi connectivity index (χ1n) is 10.4. The number of carbonyl (C=O) groups is 2. The highest BCUT2D eigenvalue weighted by Gasteiger charge is 2.33. The molecule has 1 aromatic rings. The van der Waals surface area contributed by atoms with Gasteiger partial charge in [0.15, 0.2) is 0 Å². The lowest BCUT2D eigenvalue weighted by molar-refractivity contribution is -0.133. The highest BCUT2D eigenvalue weighted by atomic mass is 32.2. The van der Waals surface area contributed by atoms with Crippen LogP contribution in [0.3, 0.4) is 0 Å². The number of carbonyl (C=O) groups excluding carboxylic acids is 2. The van der Waals surface area contributed by atoms with Crippen molar-refractivity contribution in [3.8, 4) is 0 Å². The Hall–Kier alpha value is -2.62. The number of amidine groups is 1. The van der Waals surface area contributed by atoms with Crippen molar-refractivity contribution in [3.63, 3.8) is 0 Å². The summed E-state index contributed by atoms with van der Waals surface area (Å²) in [5, 5.41) is 2.83. The van der Waals surface area contributed by atoms with Crippen LogP contribution in [0.1, 0.15) is 52.5 Å². The van der Waals surface area contributed by atoms with Crippen molar-refractivity contribution in [2.24, 2.45) is 4.99 Å². The number of piperidine rings is 1. The summed E-state index contributed by atoms with van der Waals surface area (Å²) in [6, 6.07) is 6.06.